The maximum Gasteiger partial charge on any atom is 0.319 e. The molecule has 0 fully saturated rings. The average molecular weight is 412 g/mol. The number of rotatable bonds is 6. The largest absolute Gasteiger partial charge is 0.337 e. The molecule has 2 amide bonds. The minimum atomic E-state index is -3.52. The number of pyridine rings is 1. The van der Waals surface area contributed by atoms with E-state index in [0.29, 0.717) is 24.5 Å². The third-order valence-corrected chi connectivity index (χ3v) is 6.35. The van der Waals surface area contributed by atoms with Gasteiger partial charge in [0.2, 0.25) is 10.0 Å². The summed E-state index contributed by atoms with van der Waals surface area (Å²) in [6.45, 7) is 0.418. The number of hydrogen-bond donors (Lipinski definition) is 2. The molecule has 1 aliphatic heterocycles. The first kappa shape index (κ1) is 18.9. The molecule has 3 heterocycles. The van der Waals surface area contributed by atoms with E-state index in [-0.39, 0.29) is 12.3 Å². The van der Waals surface area contributed by atoms with Gasteiger partial charge in [0.15, 0.2) is 5.82 Å². The van der Waals surface area contributed by atoms with Gasteiger partial charge >= 0.3 is 6.03 Å². The Morgan fingerprint density at radius 2 is 1.97 bits per heavy atom. The standard InChI is InChI=1S/C19H20N6O3S/c26-19(23-16-6-3-9-20-18(16)24-12-4-10-22-24)21-11-14-29(27,28)25-13-8-15-5-1-2-7-17(15)25/h1-7,9-10,12H,8,11,13-14H2,(H2,21,23,26). The molecule has 10 heteroatoms. The molecule has 2 N–H and O–H groups in total. The molecule has 0 radical (unpaired) electrons. The zero-order valence-electron chi connectivity index (χ0n) is 15.5. The Hall–Kier alpha value is -3.40. The molecule has 2 aromatic heterocycles. The number of nitrogens with zero attached hydrogens (tertiary/aromatic N) is 4. The molecule has 4 rings (SSSR count). The molecule has 1 aliphatic rings. The van der Waals surface area contributed by atoms with Crippen LogP contribution in [0, 0.1) is 0 Å². The fourth-order valence-electron chi connectivity index (χ4n) is 3.24. The number of amides is 2. The number of carbonyl (C=O) groups is 1. The molecule has 1 aromatic carbocycles. The van der Waals surface area contributed by atoms with Gasteiger partial charge in [0.1, 0.15) is 0 Å². The van der Waals surface area contributed by atoms with E-state index in [2.05, 4.69) is 20.7 Å². The van der Waals surface area contributed by atoms with Gasteiger partial charge in [-0.05, 0) is 36.2 Å². The van der Waals surface area contributed by atoms with Gasteiger partial charge in [-0.25, -0.2) is 22.9 Å². The van der Waals surface area contributed by atoms with Gasteiger partial charge in [-0.3, -0.25) is 4.31 Å². The number of fused-ring (bicyclic) bond motifs is 1. The topological polar surface area (TPSA) is 109 Å². The molecule has 0 spiro atoms. The number of nitrogens with one attached hydrogen (secondary N) is 2. The predicted octanol–water partition coefficient (Wildman–Crippen LogP) is 1.78. The van der Waals surface area contributed by atoms with E-state index in [1.54, 1.807) is 42.9 Å². The van der Waals surface area contributed by atoms with Gasteiger partial charge in [0.25, 0.3) is 0 Å². The molecule has 150 valence electrons. The summed E-state index contributed by atoms with van der Waals surface area (Å²) >= 11 is 0. The second kappa shape index (κ2) is 7.92. The van der Waals surface area contributed by atoms with Crippen LogP contribution in [0.5, 0.6) is 0 Å². The van der Waals surface area contributed by atoms with Gasteiger partial charge < -0.3 is 10.6 Å². The van der Waals surface area contributed by atoms with Crippen molar-refractivity contribution in [2.75, 3.05) is 28.5 Å². The normalized spacial score (nSPS) is 13.2. The van der Waals surface area contributed by atoms with Crippen LogP contribution < -0.4 is 14.9 Å². The maximum atomic E-state index is 12.7. The molecule has 0 saturated heterocycles. The second-order valence-corrected chi connectivity index (χ2v) is 8.49. The van der Waals surface area contributed by atoms with Crippen LogP contribution in [0.4, 0.5) is 16.2 Å². The Balaban J connectivity index is 1.36. The van der Waals surface area contributed by atoms with E-state index in [1.807, 2.05) is 18.2 Å². The minimum absolute atomic E-state index is 0.00972. The SMILES string of the molecule is O=C(NCCS(=O)(=O)N1CCc2ccccc21)Nc1cccnc1-n1cccn1. The summed E-state index contributed by atoms with van der Waals surface area (Å²) in [5.74, 6) is 0.280. The molecular weight excluding hydrogens is 392 g/mol. The van der Waals surface area contributed by atoms with Crippen LogP contribution in [-0.4, -0.2) is 48.1 Å². The number of carbonyl (C=O) groups excluding carboxylic acids is 1. The smallest absolute Gasteiger partial charge is 0.319 e. The van der Waals surface area contributed by atoms with Gasteiger partial charge in [-0.2, -0.15) is 5.10 Å². The van der Waals surface area contributed by atoms with Crippen LogP contribution in [0.1, 0.15) is 5.56 Å². The van der Waals surface area contributed by atoms with Crippen molar-refractivity contribution >= 4 is 27.4 Å². The fraction of sp³-hybridized carbons (Fsp3) is 0.211. The Kier molecular flexibility index (Phi) is 5.17. The molecule has 9 nitrogen and oxygen atoms in total. The Morgan fingerprint density at radius 3 is 2.79 bits per heavy atom. The zero-order chi connectivity index (χ0) is 20.3. The highest BCUT2D eigenvalue weighted by Crippen LogP contribution is 2.29. The first-order chi connectivity index (χ1) is 14.0. The van der Waals surface area contributed by atoms with E-state index in [0.717, 1.165) is 11.3 Å². The zero-order valence-corrected chi connectivity index (χ0v) is 16.3. The number of benzene rings is 1. The highest BCUT2D eigenvalue weighted by Gasteiger charge is 2.28. The first-order valence-corrected chi connectivity index (χ1v) is 10.7. The predicted molar refractivity (Wildman–Crippen MR) is 110 cm³/mol. The highest BCUT2D eigenvalue weighted by atomic mass is 32.2. The molecule has 0 bridgehead atoms. The molecule has 0 aliphatic carbocycles. The third kappa shape index (κ3) is 4.06. The van der Waals surface area contributed by atoms with E-state index in [1.165, 1.54) is 8.99 Å². The average Bonchev–Trinajstić information content (AvgIpc) is 3.38. The molecular formula is C19H20N6O3S. The lowest BCUT2D eigenvalue weighted by atomic mass is 10.2. The van der Waals surface area contributed by atoms with E-state index < -0.39 is 16.1 Å². The van der Waals surface area contributed by atoms with Crippen molar-refractivity contribution in [3.8, 4) is 5.82 Å². The number of hydrogen-bond acceptors (Lipinski definition) is 5. The lowest BCUT2D eigenvalue weighted by Crippen LogP contribution is -2.38. The molecule has 0 atom stereocenters. The number of aromatic nitrogens is 3. The van der Waals surface area contributed by atoms with Crippen LogP contribution in [0.25, 0.3) is 5.82 Å². The van der Waals surface area contributed by atoms with Crippen molar-refractivity contribution < 1.29 is 13.2 Å². The van der Waals surface area contributed by atoms with Crippen molar-refractivity contribution in [3.63, 3.8) is 0 Å². The summed E-state index contributed by atoms with van der Waals surface area (Å²) < 4.78 is 28.3. The number of anilines is 2. The molecule has 0 unspecified atom stereocenters. The summed E-state index contributed by atoms with van der Waals surface area (Å²) in [7, 11) is -3.52. The second-order valence-electron chi connectivity index (χ2n) is 6.47. The Bertz CT molecular complexity index is 1110. The van der Waals surface area contributed by atoms with E-state index in [9.17, 15) is 13.2 Å². The third-order valence-electron chi connectivity index (χ3n) is 4.58. The van der Waals surface area contributed by atoms with Gasteiger partial charge in [-0.15, -0.1) is 0 Å². The first-order valence-electron chi connectivity index (χ1n) is 9.13. The van der Waals surface area contributed by atoms with Gasteiger partial charge in [0, 0.05) is 31.7 Å². The summed E-state index contributed by atoms with van der Waals surface area (Å²) in [5, 5.41) is 9.39. The number of urea groups is 1. The maximum absolute atomic E-state index is 12.7. The quantitative estimate of drug-likeness (QED) is 0.641. The van der Waals surface area contributed by atoms with Crippen LogP contribution in [0.3, 0.4) is 0 Å². The summed E-state index contributed by atoms with van der Waals surface area (Å²) in [6, 6.07) is 12.1. The van der Waals surface area contributed by atoms with E-state index >= 15 is 0 Å². The van der Waals surface area contributed by atoms with Crippen molar-refractivity contribution in [1.82, 2.24) is 20.1 Å². The van der Waals surface area contributed by atoms with Crippen molar-refractivity contribution in [2.45, 2.75) is 6.42 Å². The summed E-state index contributed by atoms with van der Waals surface area (Å²) in [6.07, 6.45) is 5.62. The lowest BCUT2D eigenvalue weighted by molar-refractivity contribution is 0.252. The summed E-state index contributed by atoms with van der Waals surface area (Å²) in [4.78, 5) is 16.5. The number of para-hydroxylation sites is 1. The minimum Gasteiger partial charge on any atom is -0.337 e. The van der Waals surface area contributed by atoms with Crippen molar-refractivity contribution in [2.24, 2.45) is 0 Å². The molecule has 0 saturated carbocycles. The van der Waals surface area contributed by atoms with Crippen LogP contribution >= 0.6 is 0 Å². The van der Waals surface area contributed by atoms with E-state index in [4.69, 9.17) is 0 Å². The van der Waals surface area contributed by atoms with Gasteiger partial charge in [0.05, 0.1) is 17.1 Å². The monoisotopic (exact) mass is 412 g/mol. The molecule has 3 aromatic rings. The summed E-state index contributed by atoms with van der Waals surface area (Å²) in [5.41, 5.74) is 2.20. The Labute approximate surface area is 168 Å². The van der Waals surface area contributed by atoms with Crippen molar-refractivity contribution in [3.05, 3.63) is 66.6 Å². The van der Waals surface area contributed by atoms with Crippen LogP contribution in [0.2, 0.25) is 0 Å². The lowest BCUT2D eigenvalue weighted by Gasteiger charge is -2.19. The fourth-order valence-corrected chi connectivity index (χ4v) is 4.67. The van der Waals surface area contributed by atoms with Crippen LogP contribution in [0.15, 0.2) is 61.1 Å². The molecule has 29 heavy (non-hydrogen) atoms. The Morgan fingerprint density at radius 1 is 1.10 bits per heavy atom. The van der Waals surface area contributed by atoms with Crippen LogP contribution in [-0.2, 0) is 16.4 Å². The number of sulfonamides is 1. The highest BCUT2D eigenvalue weighted by molar-refractivity contribution is 7.92. The van der Waals surface area contributed by atoms with Crippen molar-refractivity contribution in [1.29, 1.82) is 0 Å². The van der Waals surface area contributed by atoms with Gasteiger partial charge in [-0.1, -0.05) is 18.2 Å².